The number of methoxy groups -OCH3 is 1. The summed E-state index contributed by atoms with van der Waals surface area (Å²) in [6.45, 7) is 0.827. The summed E-state index contributed by atoms with van der Waals surface area (Å²) >= 11 is 5.99. The van der Waals surface area contributed by atoms with E-state index in [1.807, 2.05) is 30.1 Å². The third-order valence-corrected chi connectivity index (χ3v) is 3.16. The summed E-state index contributed by atoms with van der Waals surface area (Å²) in [5, 5.41) is 0.332. The van der Waals surface area contributed by atoms with Crippen LogP contribution in [0.1, 0.15) is 5.56 Å². The number of hydrogen-bond donors (Lipinski definition) is 0. The fraction of sp³-hybridized carbons (Fsp3) is 0.286. The average molecular weight is 278 g/mol. The van der Waals surface area contributed by atoms with E-state index >= 15 is 0 Å². The lowest BCUT2D eigenvalue weighted by Crippen LogP contribution is -2.22. The van der Waals surface area contributed by atoms with Gasteiger partial charge in [-0.1, -0.05) is 41.9 Å². The first-order valence-electron chi connectivity index (χ1n) is 6.02. The van der Waals surface area contributed by atoms with Crippen LogP contribution in [0.5, 0.6) is 5.75 Å². The van der Waals surface area contributed by atoms with E-state index < -0.39 is 0 Å². The van der Waals surface area contributed by atoms with Crippen LogP contribution < -0.4 is 9.64 Å². The standard InChI is InChI=1S/C14H16ClN3O/c1-18(9-8-11-6-4-3-5-7-11)14-12(19-2)13(15)16-10-17-14/h3-7,10H,8-9H2,1-2H3. The van der Waals surface area contributed by atoms with Gasteiger partial charge in [0.1, 0.15) is 6.33 Å². The molecule has 2 rings (SSSR count). The minimum atomic E-state index is 0.332. The number of likely N-dealkylation sites (N-methyl/N-ethyl adjacent to an activating group) is 1. The quantitative estimate of drug-likeness (QED) is 0.788. The SMILES string of the molecule is COc1c(Cl)ncnc1N(C)CCc1ccccc1. The highest BCUT2D eigenvalue weighted by atomic mass is 35.5. The molecule has 0 aliphatic rings. The van der Waals surface area contributed by atoms with E-state index in [0.29, 0.717) is 16.7 Å². The summed E-state index contributed by atoms with van der Waals surface area (Å²) in [7, 11) is 3.53. The summed E-state index contributed by atoms with van der Waals surface area (Å²) < 4.78 is 5.25. The molecule has 0 amide bonds. The molecule has 100 valence electrons. The molecule has 0 spiro atoms. The number of ether oxygens (including phenoxy) is 1. The fourth-order valence-corrected chi connectivity index (χ4v) is 2.04. The molecule has 1 aromatic carbocycles. The predicted molar refractivity (Wildman–Crippen MR) is 77.0 cm³/mol. The van der Waals surface area contributed by atoms with E-state index in [2.05, 4.69) is 22.1 Å². The van der Waals surface area contributed by atoms with Crippen molar-refractivity contribution in [1.82, 2.24) is 9.97 Å². The van der Waals surface area contributed by atoms with E-state index in [4.69, 9.17) is 16.3 Å². The Morgan fingerprint density at radius 1 is 1.21 bits per heavy atom. The van der Waals surface area contributed by atoms with E-state index in [9.17, 15) is 0 Å². The van der Waals surface area contributed by atoms with Crippen molar-refractivity contribution in [2.75, 3.05) is 25.6 Å². The zero-order valence-corrected chi connectivity index (χ0v) is 11.8. The average Bonchev–Trinajstić information content (AvgIpc) is 2.45. The van der Waals surface area contributed by atoms with Crippen molar-refractivity contribution < 1.29 is 4.74 Å². The highest BCUT2D eigenvalue weighted by molar-refractivity contribution is 6.31. The molecule has 0 N–H and O–H groups in total. The Kier molecular flexibility index (Phi) is 4.58. The number of benzene rings is 1. The van der Waals surface area contributed by atoms with E-state index in [1.165, 1.54) is 11.9 Å². The normalized spacial score (nSPS) is 10.3. The Labute approximate surface area is 118 Å². The lowest BCUT2D eigenvalue weighted by molar-refractivity contribution is 0.411. The van der Waals surface area contributed by atoms with Gasteiger partial charge >= 0.3 is 0 Å². The largest absolute Gasteiger partial charge is 0.490 e. The second kappa shape index (κ2) is 6.38. The van der Waals surface area contributed by atoms with Gasteiger partial charge in [0.25, 0.3) is 0 Å². The fourth-order valence-electron chi connectivity index (χ4n) is 1.84. The molecule has 19 heavy (non-hydrogen) atoms. The van der Waals surface area contributed by atoms with Crippen LogP contribution in [0.2, 0.25) is 5.15 Å². The molecule has 4 nitrogen and oxygen atoms in total. The van der Waals surface area contributed by atoms with Crippen LogP contribution in [-0.2, 0) is 6.42 Å². The van der Waals surface area contributed by atoms with Gasteiger partial charge in [0.15, 0.2) is 16.7 Å². The Morgan fingerprint density at radius 3 is 2.63 bits per heavy atom. The highest BCUT2D eigenvalue weighted by Crippen LogP contribution is 2.30. The maximum Gasteiger partial charge on any atom is 0.199 e. The molecule has 0 saturated carbocycles. The predicted octanol–water partition coefficient (Wildman–Crippen LogP) is 2.82. The lowest BCUT2D eigenvalue weighted by Gasteiger charge is -2.20. The van der Waals surface area contributed by atoms with Crippen molar-refractivity contribution in [3.63, 3.8) is 0 Å². The minimum absolute atomic E-state index is 0.332. The summed E-state index contributed by atoms with van der Waals surface area (Å²) in [6.07, 6.45) is 2.38. The second-order valence-corrected chi connectivity index (χ2v) is 4.54. The molecule has 0 radical (unpaired) electrons. The monoisotopic (exact) mass is 277 g/mol. The summed E-state index contributed by atoms with van der Waals surface area (Å²) in [5.74, 6) is 1.22. The molecule has 0 unspecified atom stereocenters. The Morgan fingerprint density at radius 2 is 1.95 bits per heavy atom. The van der Waals surface area contributed by atoms with E-state index in [0.717, 1.165) is 13.0 Å². The van der Waals surface area contributed by atoms with Crippen molar-refractivity contribution in [2.24, 2.45) is 0 Å². The van der Waals surface area contributed by atoms with Crippen LogP contribution in [0, 0.1) is 0 Å². The Hall–Kier alpha value is -1.81. The number of hydrogen-bond acceptors (Lipinski definition) is 4. The zero-order valence-electron chi connectivity index (χ0n) is 11.0. The van der Waals surface area contributed by atoms with Crippen molar-refractivity contribution in [3.8, 4) is 5.75 Å². The van der Waals surface area contributed by atoms with Crippen LogP contribution in [0.3, 0.4) is 0 Å². The van der Waals surface area contributed by atoms with Crippen LogP contribution in [0.25, 0.3) is 0 Å². The van der Waals surface area contributed by atoms with Crippen LogP contribution in [0.15, 0.2) is 36.7 Å². The van der Waals surface area contributed by atoms with Gasteiger partial charge in [-0.3, -0.25) is 0 Å². The molecule has 0 bridgehead atoms. The molecule has 0 aliphatic carbocycles. The molecule has 0 fully saturated rings. The van der Waals surface area contributed by atoms with Gasteiger partial charge in [0, 0.05) is 13.6 Å². The molecular formula is C14H16ClN3O. The van der Waals surface area contributed by atoms with Gasteiger partial charge in [-0.25, -0.2) is 9.97 Å². The van der Waals surface area contributed by atoms with Crippen molar-refractivity contribution in [2.45, 2.75) is 6.42 Å². The van der Waals surface area contributed by atoms with Gasteiger partial charge in [-0.05, 0) is 12.0 Å². The molecule has 0 aliphatic heterocycles. The summed E-state index contributed by atoms with van der Waals surface area (Å²) in [4.78, 5) is 10.2. The third-order valence-electron chi connectivity index (χ3n) is 2.89. The minimum Gasteiger partial charge on any atom is -0.490 e. The Balaban J connectivity index is 2.08. The lowest BCUT2D eigenvalue weighted by atomic mass is 10.1. The molecule has 0 atom stereocenters. The van der Waals surface area contributed by atoms with Gasteiger partial charge in [-0.2, -0.15) is 0 Å². The Bertz CT molecular complexity index is 533. The van der Waals surface area contributed by atoms with Crippen molar-refractivity contribution in [1.29, 1.82) is 0 Å². The van der Waals surface area contributed by atoms with Gasteiger partial charge in [-0.15, -0.1) is 0 Å². The van der Waals surface area contributed by atoms with Crippen molar-refractivity contribution >= 4 is 17.4 Å². The van der Waals surface area contributed by atoms with E-state index in [1.54, 1.807) is 7.11 Å². The topological polar surface area (TPSA) is 38.3 Å². The highest BCUT2D eigenvalue weighted by Gasteiger charge is 2.14. The van der Waals surface area contributed by atoms with Gasteiger partial charge < -0.3 is 9.64 Å². The van der Waals surface area contributed by atoms with Crippen LogP contribution in [-0.4, -0.2) is 30.7 Å². The van der Waals surface area contributed by atoms with Crippen molar-refractivity contribution in [3.05, 3.63) is 47.4 Å². The van der Waals surface area contributed by atoms with E-state index in [-0.39, 0.29) is 0 Å². The van der Waals surface area contributed by atoms with Gasteiger partial charge in [0.2, 0.25) is 0 Å². The smallest absolute Gasteiger partial charge is 0.199 e. The first-order chi connectivity index (χ1) is 9.22. The molecule has 0 saturated heterocycles. The number of anilines is 1. The maximum atomic E-state index is 5.99. The maximum absolute atomic E-state index is 5.99. The number of nitrogens with zero attached hydrogens (tertiary/aromatic N) is 3. The summed E-state index contributed by atoms with van der Waals surface area (Å²) in [5.41, 5.74) is 1.29. The molecule has 5 heteroatoms. The second-order valence-electron chi connectivity index (χ2n) is 4.18. The third kappa shape index (κ3) is 3.35. The van der Waals surface area contributed by atoms with Crippen LogP contribution in [0.4, 0.5) is 5.82 Å². The van der Waals surface area contributed by atoms with Crippen LogP contribution >= 0.6 is 11.6 Å². The molecular weight excluding hydrogens is 262 g/mol. The zero-order chi connectivity index (χ0) is 13.7. The number of rotatable bonds is 5. The molecule has 2 aromatic rings. The first-order valence-corrected chi connectivity index (χ1v) is 6.39. The number of halogens is 1. The number of aromatic nitrogens is 2. The van der Waals surface area contributed by atoms with Gasteiger partial charge in [0.05, 0.1) is 7.11 Å². The molecule has 1 aromatic heterocycles. The first kappa shape index (κ1) is 13.6. The molecule has 1 heterocycles. The summed E-state index contributed by atoms with van der Waals surface area (Å²) in [6, 6.07) is 10.3.